The van der Waals surface area contributed by atoms with Crippen molar-refractivity contribution in [2.45, 2.75) is 25.4 Å². The van der Waals surface area contributed by atoms with E-state index in [-0.39, 0.29) is 18.2 Å². The summed E-state index contributed by atoms with van der Waals surface area (Å²) < 4.78 is 16.0. The Morgan fingerprint density at radius 3 is 2.88 bits per heavy atom. The monoisotopic (exact) mass is 357 g/mol. The first-order chi connectivity index (χ1) is 12.5. The first-order valence-corrected chi connectivity index (χ1v) is 8.46. The molecule has 1 aromatic carbocycles. The van der Waals surface area contributed by atoms with Crippen LogP contribution in [0.1, 0.15) is 24.0 Å². The molecule has 0 aliphatic carbocycles. The molecule has 136 valence electrons. The SMILES string of the molecule is Cn1c(=O)cc(N[C@H]2CCCNC2)n(Cc2cc(F)ccc2C#N)c1=O. The van der Waals surface area contributed by atoms with Gasteiger partial charge in [-0.15, -0.1) is 0 Å². The van der Waals surface area contributed by atoms with Gasteiger partial charge in [0.2, 0.25) is 0 Å². The first-order valence-electron chi connectivity index (χ1n) is 8.46. The molecule has 2 aromatic rings. The molecule has 0 bridgehead atoms. The molecule has 1 atom stereocenters. The second-order valence-electron chi connectivity index (χ2n) is 6.40. The summed E-state index contributed by atoms with van der Waals surface area (Å²) in [6.07, 6.45) is 1.91. The van der Waals surface area contributed by atoms with Crippen molar-refractivity contribution in [3.05, 3.63) is 62.0 Å². The van der Waals surface area contributed by atoms with Crippen LogP contribution in [0, 0.1) is 17.1 Å². The topological polar surface area (TPSA) is 91.8 Å². The predicted molar refractivity (Wildman–Crippen MR) is 95.7 cm³/mol. The van der Waals surface area contributed by atoms with Crippen molar-refractivity contribution in [1.29, 1.82) is 5.26 Å². The molecule has 1 fully saturated rings. The highest BCUT2D eigenvalue weighted by Gasteiger charge is 2.17. The van der Waals surface area contributed by atoms with E-state index in [2.05, 4.69) is 10.6 Å². The van der Waals surface area contributed by atoms with Gasteiger partial charge in [0.15, 0.2) is 0 Å². The summed E-state index contributed by atoms with van der Waals surface area (Å²) in [7, 11) is 1.39. The Bertz CT molecular complexity index is 967. The van der Waals surface area contributed by atoms with Crippen LogP contribution in [-0.2, 0) is 13.6 Å². The molecule has 1 aliphatic heterocycles. The van der Waals surface area contributed by atoms with Gasteiger partial charge in [-0.1, -0.05) is 0 Å². The third kappa shape index (κ3) is 3.68. The maximum atomic E-state index is 13.6. The van der Waals surface area contributed by atoms with Crippen molar-refractivity contribution in [3.8, 4) is 6.07 Å². The van der Waals surface area contributed by atoms with Crippen LogP contribution in [0.2, 0.25) is 0 Å². The molecular formula is C18H20FN5O2. The van der Waals surface area contributed by atoms with Gasteiger partial charge < -0.3 is 10.6 Å². The molecule has 8 heteroatoms. The van der Waals surface area contributed by atoms with Crippen LogP contribution in [0.5, 0.6) is 0 Å². The zero-order valence-corrected chi connectivity index (χ0v) is 14.5. The van der Waals surface area contributed by atoms with E-state index < -0.39 is 17.1 Å². The second kappa shape index (κ2) is 7.54. The molecule has 1 saturated heterocycles. The molecule has 0 radical (unpaired) electrons. The Balaban J connectivity index is 2.04. The fourth-order valence-corrected chi connectivity index (χ4v) is 3.10. The third-order valence-electron chi connectivity index (χ3n) is 4.56. The summed E-state index contributed by atoms with van der Waals surface area (Å²) in [5.74, 6) is -0.109. The number of nitriles is 1. The quantitative estimate of drug-likeness (QED) is 0.843. The normalized spacial score (nSPS) is 16.9. The number of halogens is 1. The smallest absolute Gasteiger partial charge is 0.332 e. The highest BCUT2D eigenvalue weighted by molar-refractivity contribution is 5.41. The summed E-state index contributed by atoms with van der Waals surface area (Å²) >= 11 is 0. The minimum Gasteiger partial charge on any atom is -0.367 e. The standard InChI is InChI=1S/C18H20FN5O2/c1-23-17(25)8-16(22-15-3-2-6-21-10-15)24(18(23)26)11-13-7-14(19)5-4-12(13)9-20/h4-5,7-8,15,21-22H,2-3,6,10-11H2,1H3/t15-/m0/s1. The maximum absolute atomic E-state index is 13.6. The predicted octanol–water partition coefficient (Wildman–Crippen LogP) is 0.770. The second-order valence-corrected chi connectivity index (χ2v) is 6.40. The molecule has 2 heterocycles. The van der Waals surface area contributed by atoms with Crippen molar-refractivity contribution >= 4 is 5.82 Å². The van der Waals surface area contributed by atoms with Crippen molar-refractivity contribution in [1.82, 2.24) is 14.5 Å². The summed E-state index contributed by atoms with van der Waals surface area (Å²) in [4.78, 5) is 24.7. The van der Waals surface area contributed by atoms with Crippen LogP contribution in [0.3, 0.4) is 0 Å². The average Bonchev–Trinajstić information content (AvgIpc) is 2.64. The van der Waals surface area contributed by atoms with Crippen LogP contribution in [0.25, 0.3) is 0 Å². The number of aromatic nitrogens is 2. The van der Waals surface area contributed by atoms with E-state index in [0.717, 1.165) is 30.5 Å². The number of benzene rings is 1. The molecular weight excluding hydrogens is 337 g/mol. The van der Waals surface area contributed by atoms with Crippen LogP contribution in [-0.4, -0.2) is 28.3 Å². The van der Waals surface area contributed by atoms with Crippen LogP contribution < -0.4 is 21.9 Å². The molecule has 26 heavy (non-hydrogen) atoms. The summed E-state index contributed by atoms with van der Waals surface area (Å²) in [5.41, 5.74) is -0.260. The van der Waals surface area contributed by atoms with E-state index in [1.54, 1.807) is 0 Å². The van der Waals surface area contributed by atoms with E-state index in [4.69, 9.17) is 0 Å². The zero-order chi connectivity index (χ0) is 18.7. The van der Waals surface area contributed by atoms with Gasteiger partial charge in [0.1, 0.15) is 11.6 Å². The largest absolute Gasteiger partial charge is 0.367 e. The van der Waals surface area contributed by atoms with Gasteiger partial charge in [-0.05, 0) is 43.1 Å². The molecule has 3 rings (SSSR count). The van der Waals surface area contributed by atoms with Crippen LogP contribution >= 0.6 is 0 Å². The van der Waals surface area contributed by atoms with Gasteiger partial charge >= 0.3 is 5.69 Å². The fourth-order valence-electron chi connectivity index (χ4n) is 3.10. The molecule has 1 aliphatic rings. The Morgan fingerprint density at radius 1 is 1.38 bits per heavy atom. The van der Waals surface area contributed by atoms with Gasteiger partial charge in [0.05, 0.1) is 18.2 Å². The molecule has 0 spiro atoms. The average molecular weight is 357 g/mol. The lowest BCUT2D eigenvalue weighted by atomic mass is 10.1. The van der Waals surface area contributed by atoms with Gasteiger partial charge in [0, 0.05) is 25.7 Å². The minimum atomic E-state index is -0.517. The Morgan fingerprint density at radius 2 is 2.19 bits per heavy atom. The number of nitrogens with one attached hydrogen (secondary N) is 2. The number of hydrogen-bond donors (Lipinski definition) is 2. The minimum absolute atomic E-state index is 0.00388. The van der Waals surface area contributed by atoms with Crippen molar-refractivity contribution in [2.24, 2.45) is 7.05 Å². The zero-order valence-electron chi connectivity index (χ0n) is 14.5. The molecule has 0 amide bonds. The van der Waals surface area contributed by atoms with Gasteiger partial charge in [0.25, 0.3) is 5.56 Å². The lowest BCUT2D eigenvalue weighted by Crippen LogP contribution is -2.43. The first kappa shape index (κ1) is 17.9. The number of anilines is 1. The van der Waals surface area contributed by atoms with Crippen molar-refractivity contribution in [2.75, 3.05) is 18.4 Å². The molecule has 2 N–H and O–H groups in total. The van der Waals surface area contributed by atoms with E-state index in [1.807, 2.05) is 6.07 Å². The lowest BCUT2D eigenvalue weighted by Gasteiger charge is -2.26. The van der Waals surface area contributed by atoms with E-state index >= 15 is 0 Å². The van der Waals surface area contributed by atoms with E-state index in [1.165, 1.54) is 35.9 Å². The Labute approximate surface area is 149 Å². The fraction of sp³-hybridized carbons (Fsp3) is 0.389. The Kier molecular flexibility index (Phi) is 5.19. The molecule has 0 unspecified atom stereocenters. The van der Waals surface area contributed by atoms with E-state index in [9.17, 15) is 19.2 Å². The summed E-state index contributed by atoms with van der Waals surface area (Å²) in [6.45, 7) is 1.67. The molecule has 1 aromatic heterocycles. The van der Waals surface area contributed by atoms with Crippen molar-refractivity contribution in [3.63, 3.8) is 0 Å². The van der Waals surface area contributed by atoms with Gasteiger partial charge in [-0.3, -0.25) is 13.9 Å². The Hall–Kier alpha value is -2.92. The van der Waals surface area contributed by atoms with Crippen LogP contribution in [0.15, 0.2) is 33.9 Å². The number of piperidine rings is 1. The number of hydrogen-bond acceptors (Lipinski definition) is 5. The van der Waals surface area contributed by atoms with E-state index in [0.29, 0.717) is 11.4 Å². The third-order valence-corrected chi connectivity index (χ3v) is 4.56. The van der Waals surface area contributed by atoms with Gasteiger partial charge in [-0.2, -0.15) is 5.26 Å². The molecule has 7 nitrogen and oxygen atoms in total. The maximum Gasteiger partial charge on any atom is 0.332 e. The number of rotatable bonds is 4. The molecule has 0 saturated carbocycles. The summed E-state index contributed by atoms with van der Waals surface area (Å²) in [6, 6.07) is 7.29. The van der Waals surface area contributed by atoms with Gasteiger partial charge in [-0.25, -0.2) is 9.18 Å². The van der Waals surface area contributed by atoms with Crippen molar-refractivity contribution < 1.29 is 4.39 Å². The van der Waals surface area contributed by atoms with Crippen LogP contribution in [0.4, 0.5) is 10.2 Å². The number of nitrogens with zero attached hydrogens (tertiary/aromatic N) is 3. The summed E-state index contributed by atoms with van der Waals surface area (Å²) in [5, 5.41) is 15.8. The highest BCUT2D eigenvalue weighted by atomic mass is 19.1. The lowest BCUT2D eigenvalue weighted by molar-refractivity contribution is 0.475. The highest BCUT2D eigenvalue weighted by Crippen LogP contribution is 2.15.